The van der Waals surface area contributed by atoms with E-state index in [4.69, 9.17) is 5.11 Å². The lowest BCUT2D eigenvalue weighted by Gasteiger charge is -2.29. The molecule has 0 aromatic rings. The highest BCUT2D eigenvalue weighted by atomic mass is 16.3. The van der Waals surface area contributed by atoms with Crippen molar-refractivity contribution in [3.63, 3.8) is 0 Å². The molecule has 0 fully saturated rings. The molecular weight excluding hydrogens is 118 g/mol. The monoisotopic (exact) mass is 133 g/mol. The predicted octanol–water partition coefficient (Wildman–Crippen LogP) is -0.361. The lowest BCUT2D eigenvalue weighted by molar-refractivity contribution is -0.0803. The van der Waals surface area contributed by atoms with Crippen LogP contribution in [-0.2, 0) is 0 Å². The molecule has 0 aliphatic carbocycles. The van der Waals surface area contributed by atoms with Crippen LogP contribution in [0.2, 0.25) is 0 Å². The fourth-order valence-electron chi connectivity index (χ4n) is 0.435. The third-order valence-electron chi connectivity index (χ3n) is 1.55. The van der Waals surface area contributed by atoms with Crippen LogP contribution in [0, 0.1) is 0 Å². The molecule has 0 saturated carbocycles. The molecule has 2 N–H and O–H groups in total. The second-order valence-corrected chi connectivity index (χ2v) is 2.59. The van der Waals surface area contributed by atoms with Gasteiger partial charge in [0, 0.05) is 13.0 Å². The highest BCUT2D eigenvalue weighted by Crippen LogP contribution is 2.09. The zero-order chi connectivity index (χ0) is 7.49. The Labute approximate surface area is 55.9 Å². The van der Waals surface area contributed by atoms with Crippen LogP contribution in [0.4, 0.5) is 0 Å². The van der Waals surface area contributed by atoms with Crippen molar-refractivity contribution in [2.45, 2.75) is 19.1 Å². The van der Waals surface area contributed by atoms with Gasteiger partial charge in [-0.15, -0.1) is 0 Å². The molecule has 56 valence electrons. The van der Waals surface area contributed by atoms with Gasteiger partial charge in [-0.25, -0.2) is 0 Å². The van der Waals surface area contributed by atoms with Gasteiger partial charge in [-0.1, -0.05) is 0 Å². The van der Waals surface area contributed by atoms with Crippen LogP contribution in [0.5, 0.6) is 0 Å². The van der Waals surface area contributed by atoms with E-state index >= 15 is 0 Å². The van der Waals surface area contributed by atoms with Gasteiger partial charge in [-0.2, -0.15) is 0 Å². The van der Waals surface area contributed by atoms with Crippen molar-refractivity contribution >= 4 is 0 Å². The summed E-state index contributed by atoms with van der Waals surface area (Å²) in [5.74, 6) is 0. The van der Waals surface area contributed by atoms with Gasteiger partial charge < -0.3 is 10.2 Å². The second kappa shape index (κ2) is 3.15. The molecule has 0 bridgehead atoms. The molecule has 1 unspecified atom stereocenters. The quantitative estimate of drug-likeness (QED) is 0.517. The fourth-order valence-corrected chi connectivity index (χ4v) is 0.435. The Morgan fingerprint density at radius 3 is 2.00 bits per heavy atom. The zero-order valence-electron chi connectivity index (χ0n) is 6.26. The minimum atomic E-state index is -0.866. The van der Waals surface area contributed by atoms with Crippen LogP contribution in [0.3, 0.4) is 0 Å². The number of aliphatic hydroxyl groups is 2. The molecule has 0 aromatic carbocycles. The summed E-state index contributed by atoms with van der Waals surface area (Å²) < 4.78 is 0. The summed E-state index contributed by atoms with van der Waals surface area (Å²) in [6.07, 6.45) is 0.389. The van der Waals surface area contributed by atoms with Gasteiger partial charge in [0.1, 0.15) is 5.72 Å². The topological polar surface area (TPSA) is 43.7 Å². The summed E-state index contributed by atoms with van der Waals surface area (Å²) in [4.78, 5) is 1.67. The highest BCUT2D eigenvalue weighted by molar-refractivity contribution is 4.67. The maximum atomic E-state index is 9.36. The van der Waals surface area contributed by atoms with E-state index in [1.165, 1.54) is 0 Å². The molecule has 1 atom stereocenters. The maximum absolute atomic E-state index is 9.36. The molecule has 9 heavy (non-hydrogen) atoms. The smallest absolute Gasteiger partial charge is 0.117 e. The van der Waals surface area contributed by atoms with Crippen molar-refractivity contribution in [3.8, 4) is 0 Å². The lowest BCUT2D eigenvalue weighted by atomic mass is 10.2. The van der Waals surface area contributed by atoms with Gasteiger partial charge in [-0.05, 0) is 21.0 Å². The van der Waals surface area contributed by atoms with E-state index in [0.29, 0.717) is 6.42 Å². The molecule has 0 amide bonds. The second-order valence-electron chi connectivity index (χ2n) is 2.59. The van der Waals surface area contributed by atoms with Crippen LogP contribution in [-0.4, -0.2) is 41.5 Å². The van der Waals surface area contributed by atoms with Gasteiger partial charge in [0.25, 0.3) is 0 Å². The molecule has 0 heterocycles. The third kappa shape index (κ3) is 2.79. The molecule has 0 spiro atoms. The summed E-state index contributed by atoms with van der Waals surface area (Å²) in [7, 11) is 3.55. The first-order valence-electron chi connectivity index (χ1n) is 3.01. The minimum absolute atomic E-state index is 0.0190. The largest absolute Gasteiger partial charge is 0.396 e. The van der Waals surface area contributed by atoms with E-state index in [1.54, 1.807) is 25.9 Å². The Bertz CT molecular complexity index is 81.1. The summed E-state index contributed by atoms with van der Waals surface area (Å²) in [6, 6.07) is 0. The van der Waals surface area contributed by atoms with Crippen molar-refractivity contribution < 1.29 is 10.2 Å². The first kappa shape index (κ1) is 8.88. The molecule has 0 aliphatic rings. The molecule has 3 nitrogen and oxygen atoms in total. The summed E-state index contributed by atoms with van der Waals surface area (Å²) in [6.45, 7) is 1.69. The Morgan fingerprint density at radius 1 is 1.44 bits per heavy atom. The zero-order valence-corrected chi connectivity index (χ0v) is 6.26. The Morgan fingerprint density at radius 2 is 1.89 bits per heavy atom. The Kier molecular flexibility index (Phi) is 3.11. The number of hydrogen-bond acceptors (Lipinski definition) is 3. The van der Waals surface area contributed by atoms with E-state index in [0.717, 1.165) is 0 Å². The fraction of sp³-hybridized carbons (Fsp3) is 1.00. The van der Waals surface area contributed by atoms with Gasteiger partial charge >= 0.3 is 0 Å². The number of aliphatic hydroxyl groups excluding tert-OH is 1. The van der Waals surface area contributed by atoms with Crippen molar-refractivity contribution in [1.82, 2.24) is 4.90 Å². The van der Waals surface area contributed by atoms with Gasteiger partial charge in [-0.3, -0.25) is 4.90 Å². The van der Waals surface area contributed by atoms with E-state index in [1.807, 2.05) is 0 Å². The van der Waals surface area contributed by atoms with Crippen molar-refractivity contribution in [1.29, 1.82) is 0 Å². The van der Waals surface area contributed by atoms with Crippen molar-refractivity contribution in [3.05, 3.63) is 0 Å². The predicted molar refractivity (Wildman–Crippen MR) is 36.0 cm³/mol. The molecule has 3 heteroatoms. The summed E-state index contributed by atoms with van der Waals surface area (Å²) in [5, 5.41) is 17.8. The number of rotatable bonds is 3. The Balaban J connectivity index is 3.70. The standard InChI is InChI=1S/C6H15NO2/c1-6(9,4-5-8)7(2)3/h8-9H,4-5H2,1-3H3. The molecular formula is C6H15NO2. The van der Waals surface area contributed by atoms with E-state index in [-0.39, 0.29) is 6.61 Å². The lowest BCUT2D eigenvalue weighted by Crippen LogP contribution is -2.41. The molecule has 0 aromatic heterocycles. The van der Waals surface area contributed by atoms with Crippen LogP contribution in [0.25, 0.3) is 0 Å². The van der Waals surface area contributed by atoms with E-state index in [9.17, 15) is 5.11 Å². The average Bonchev–Trinajstić information content (AvgIpc) is 1.65. The first-order valence-corrected chi connectivity index (χ1v) is 3.01. The Hall–Kier alpha value is -0.120. The van der Waals surface area contributed by atoms with Gasteiger partial charge in [0.05, 0.1) is 0 Å². The number of nitrogens with zero attached hydrogens (tertiary/aromatic N) is 1. The van der Waals surface area contributed by atoms with Gasteiger partial charge in [0.2, 0.25) is 0 Å². The first-order chi connectivity index (χ1) is 4.00. The highest BCUT2D eigenvalue weighted by Gasteiger charge is 2.21. The van der Waals surface area contributed by atoms with Gasteiger partial charge in [0.15, 0.2) is 0 Å². The average molecular weight is 133 g/mol. The van der Waals surface area contributed by atoms with E-state index in [2.05, 4.69) is 0 Å². The molecule has 0 radical (unpaired) electrons. The normalized spacial score (nSPS) is 18.0. The summed E-state index contributed by atoms with van der Waals surface area (Å²) in [5.41, 5.74) is -0.866. The van der Waals surface area contributed by atoms with Crippen LogP contribution < -0.4 is 0 Å². The summed E-state index contributed by atoms with van der Waals surface area (Å²) >= 11 is 0. The van der Waals surface area contributed by atoms with Crippen molar-refractivity contribution in [2.75, 3.05) is 20.7 Å². The van der Waals surface area contributed by atoms with Crippen molar-refractivity contribution in [2.24, 2.45) is 0 Å². The van der Waals surface area contributed by atoms with Crippen LogP contribution in [0.15, 0.2) is 0 Å². The molecule has 0 rings (SSSR count). The van der Waals surface area contributed by atoms with Crippen LogP contribution in [0.1, 0.15) is 13.3 Å². The molecule has 0 aliphatic heterocycles. The minimum Gasteiger partial charge on any atom is -0.396 e. The number of hydrogen-bond donors (Lipinski definition) is 2. The molecule has 0 saturated heterocycles. The van der Waals surface area contributed by atoms with Crippen LogP contribution >= 0.6 is 0 Å². The third-order valence-corrected chi connectivity index (χ3v) is 1.55. The maximum Gasteiger partial charge on any atom is 0.117 e. The SMILES string of the molecule is CN(C)C(C)(O)CCO. The van der Waals surface area contributed by atoms with E-state index < -0.39 is 5.72 Å².